The zero-order chi connectivity index (χ0) is 12.4. The molecule has 0 radical (unpaired) electrons. The van der Waals surface area contributed by atoms with Gasteiger partial charge in [0.15, 0.2) is 0 Å². The Morgan fingerprint density at radius 3 is 3.39 bits per heavy atom. The number of aromatic nitrogens is 4. The van der Waals surface area contributed by atoms with E-state index < -0.39 is 0 Å². The maximum absolute atomic E-state index is 5.64. The molecule has 7 heteroatoms. The summed E-state index contributed by atoms with van der Waals surface area (Å²) in [6.45, 7) is 5.25. The monoisotopic (exact) mass is 248 g/mol. The van der Waals surface area contributed by atoms with Crippen molar-refractivity contribution in [2.45, 2.75) is 13.0 Å². The molecule has 18 heavy (non-hydrogen) atoms. The van der Waals surface area contributed by atoms with E-state index in [2.05, 4.69) is 25.7 Å². The van der Waals surface area contributed by atoms with Crippen molar-refractivity contribution < 1.29 is 4.74 Å². The van der Waals surface area contributed by atoms with Gasteiger partial charge < -0.3 is 15.4 Å². The molecule has 2 aromatic rings. The zero-order valence-corrected chi connectivity index (χ0v) is 10.3. The molecule has 0 aromatic carbocycles. The topological polar surface area (TPSA) is 76.4 Å². The summed E-state index contributed by atoms with van der Waals surface area (Å²) in [7, 11) is 0. The van der Waals surface area contributed by atoms with E-state index in [4.69, 9.17) is 4.74 Å². The Bertz CT molecular complexity index is 533. The number of hydrogen-bond donors (Lipinski definition) is 2. The second kappa shape index (κ2) is 4.87. The molecule has 1 aliphatic heterocycles. The molecular weight excluding hydrogens is 232 g/mol. The second-order valence-corrected chi connectivity index (χ2v) is 4.33. The predicted octanol–water partition coefficient (Wildman–Crippen LogP) is -0.167. The van der Waals surface area contributed by atoms with E-state index in [1.54, 1.807) is 4.52 Å². The standard InChI is InChI=1S/C11H16N6O/c1-8-4-10(17-11(16-8)14-7-15-17)13-6-9-5-12-2-3-18-9/h4,7,9,12-13H,2-3,5-6H2,1H3. The van der Waals surface area contributed by atoms with Crippen LogP contribution in [0.15, 0.2) is 12.4 Å². The number of aryl methyl sites for hydroxylation is 1. The Balaban J connectivity index is 1.75. The van der Waals surface area contributed by atoms with E-state index in [1.165, 1.54) is 6.33 Å². The summed E-state index contributed by atoms with van der Waals surface area (Å²) >= 11 is 0. The van der Waals surface area contributed by atoms with Gasteiger partial charge >= 0.3 is 0 Å². The van der Waals surface area contributed by atoms with E-state index >= 15 is 0 Å². The van der Waals surface area contributed by atoms with Crippen LogP contribution in [-0.2, 0) is 4.74 Å². The van der Waals surface area contributed by atoms with Crippen LogP contribution in [0.4, 0.5) is 5.82 Å². The Hall–Kier alpha value is -1.73. The third-order valence-corrected chi connectivity index (χ3v) is 2.90. The molecule has 0 amide bonds. The van der Waals surface area contributed by atoms with E-state index in [0.717, 1.165) is 37.8 Å². The normalized spacial score (nSPS) is 20.2. The Morgan fingerprint density at radius 1 is 1.61 bits per heavy atom. The van der Waals surface area contributed by atoms with Crippen LogP contribution >= 0.6 is 0 Å². The highest BCUT2D eigenvalue weighted by Crippen LogP contribution is 2.10. The van der Waals surface area contributed by atoms with E-state index in [0.29, 0.717) is 5.78 Å². The predicted molar refractivity (Wildman–Crippen MR) is 66.6 cm³/mol. The smallest absolute Gasteiger partial charge is 0.254 e. The van der Waals surface area contributed by atoms with Crippen LogP contribution < -0.4 is 10.6 Å². The third-order valence-electron chi connectivity index (χ3n) is 2.90. The van der Waals surface area contributed by atoms with Gasteiger partial charge in [0.1, 0.15) is 12.1 Å². The number of ether oxygens (including phenoxy) is 1. The average Bonchev–Trinajstić information content (AvgIpc) is 2.85. The minimum Gasteiger partial charge on any atom is -0.374 e. The first-order valence-corrected chi connectivity index (χ1v) is 6.06. The van der Waals surface area contributed by atoms with Gasteiger partial charge in [-0.15, -0.1) is 0 Å². The van der Waals surface area contributed by atoms with Crippen molar-refractivity contribution in [1.29, 1.82) is 0 Å². The molecule has 1 fully saturated rings. The fraction of sp³-hybridized carbons (Fsp3) is 0.545. The van der Waals surface area contributed by atoms with Gasteiger partial charge in [0, 0.05) is 31.4 Å². The quantitative estimate of drug-likeness (QED) is 0.785. The summed E-state index contributed by atoms with van der Waals surface area (Å²) in [5.74, 6) is 1.50. The molecule has 96 valence electrons. The number of nitrogens with zero attached hydrogens (tertiary/aromatic N) is 4. The van der Waals surface area contributed by atoms with Gasteiger partial charge in [-0.05, 0) is 6.92 Å². The number of nitrogens with one attached hydrogen (secondary N) is 2. The van der Waals surface area contributed by atoms with E-state index in [1.807, 2.05) is 13.0 Å². The molecule has 7 nitrogen and oxygen atoms in total. The van der Waals surface area contributed by atoms with Crippen molar-refractivity contribution in [2.24, 2.45) is 0 Å². The molecule has 1 saturated heterocycles. The lowest BCUT2D eigenvalue weighted by Crippen LogP contribution is -2.42. The fourth-order valence-corrected chi connectivity index (χ4v) is 2.03. The molecule has 3 heterocycles. The first-order chi connectivity index (χ1) is 8.83. The number of fused-ring (bicyclic) bond motifs is 1. The molecule has 2 aromatic heterocycles. The van der Waals surface area contributed by atoms with E-state index in [9.17, 15) is 0 Å². The van der Waals surface area contributed by atoms with Crippen molar-refractivity contribution in [3.8, 4) is 0 Å². The lowest BCUT2D eigenvalue weighted by Gasteiger charge is -2.24. The van der Waals surface area contributed by atoms with Crippen LogP contribution in [0.1, 0.15) is 5.69 Å². The van der Waals surface area contributed by atoms with Crippen molar-refractivity contribution in [1.82, 2.24) is 24.9 Å². The Labute approximate surface area is 105 Å². The molecule has 0 saturated carbocycles. The Morgan fingerprint density at radius 2 is 2.56 bits per heavy atom. The summed E-state index contributed by atoms with van der Waals surface area (Å²) in [6.07, 6.45) is 1.69. The van der Waals surface area contributed by atoms with Gasteiger partial charge in [0.05, 0.1) is 12.7 Å². The maximum Gasteiger partial charge on any atom is 0.254 e. The first kappa shape index (κ1) is 11.4. The molecule has 3 rings (SSSR count). The molecule has 1 aliphatic rings. The highest BCUT2D eigenvalue weighted by Gasteiger charge is 2.14. The SMILES string of the molecule is Cc1cc(NCC2CNCCO2)n2ncnc2n1. The van der Waals surface area contributed by atoms with Gasteiger partial charge in [0.2, 0.25) is 0 Å². The van der Waals surface area contributed by atoms with Gasteiger partial charge in [0.25, 0.3) is 5.78 Å². The van der Waals surface area contributed by atoms with E-state index in [-0.39, 0.29) is 6.10 Å². The summed E-state index contributed by atoms with van der Waals surface area (Å²) < 4.78 is 7.34. The summed E-state index contributed by atoms with van der Waals surface area (Å²) in [5.41, 5.74) is 0.917. The zero-order valence-electron chi connectivity index (χ0n) is 10.3. The van der Waals surface area contributed by atoms with Crippen molar-refractivity contribution in [2.75, 3.05) is 31.6 Å². The van der Waals surface area contributed by atoms with Crippen molar-refractivity contribution >= 4 is 11.6 Å². The molecule has 1 unspecified atom stereocenters. The molecule has 2 N–H and O–H groups in total. The molecule has 0 aliphatic carbocycles. The van der Waals surface area contributed by atoms with Crippen LogP contribution in [0.5, 0.6) is 0 Å². The highest BCUT2D eigenvalue weighted by molar-refractivity contribution is 5.44. The van der Waals surface area contributed by atoms with Crippen molar-refractivity contribution in [3.63, 3.8) is 0 Å². The second-order valence-electron chi connectivity index (χ2n) is 4.33. The summed E-state index contributed by atoms with van der Waals surface area (Å²) in [4.78, 5) is 8.39. The minimum atomic E-state index is 0.186. The lowest BCUT2D eigenvalue weighted by molar-refractivity contribution is 0.0371. The third kappa shape index (κ3) is 2.27. The van der Waals surface area contributed by atoms with Gasteiger partial charge in [-0.1, -0.05) is 0 Å². The van der Waals surface area contributed by atoms with Crippen LogP contribution in [-0.4, -0.2) is 51.9 Å². The molecule has 1 atom stereocenters. The Kier molecular flexibility index (Phi) is 3.07. The van der Waals surface area contributed by atoms with Crippen molar-refractivity contribution in [3.05, 3.63) is 18.1 Å². The number of morpholine rings is 1. The number of rotatable bonds is 3. The summed E-state index contributed by atoms with van der Waals surface area (Å²) in [6, 6.07) is 1.96. The van der Waals surface area contributed by atoms with Gasteiger partial charge in [-0.2, -0.15) is 14.6 Å². The van der Waals surface area contributed by atoms with Crippen LogP contribution in [0.2, 0.25) is 0 Å². The molecule has 0 spiro atoms. The highest BCUT2D eigenvalue weighted by atomic mass is 16.5. The summed E-state index contributed by atoms with van der Waals surface area (Å²) in [5, 5.41) is 10.8. The molecule has 0 bridgehead atoms. The van der Waals surface area contributed by atoms with Gasteiger partial charge in [-0.25, -0.2) is 4.98 Å². The maximum atomic E-state index is 5.64. The number of anilines is 1. The van der Waals surface area contributed by atoms with Crippen LogP contribution in [0.3, 0.4) is 0 Å². The lowest BCUT2D eigenvalue weighted by atomic mass is 10.3. The average molecular weight is 248 g/mol. The fourth-order valence-electron chi connectivity index (χ4n) is 2.03. The number of hydrogen-bond acceptors (Lipinski definition) is 6. The van der Waals surface area contributed by atoms with Crippen LogP contribution in [0.25, 0.3) is 5.78 Å². The largest absolute Gasteiger partial charge is 0.374 e. The minimum absolute atomic E-state index is 0.186. The molecular formula is C11H16N6O. The van der Waals surface area contributed by atoms with Gasteiger partial charge in [-0.3, -0.25) is 0 Å². The van der Waals surface area contributed by atoms with Crippen LogP contribution in [0, 0.1) is 6.92 Å². The first-order valence-electron chi connectivity index (χ1n) is 6.06.